The average molecular weight is 406 g/mol. The minimum Gasteiger partial charge on any atom is -0.444 e. The maximum absolute atomic E-state index is 12.5. The lowest BCUT2D eigenvalue weighted by atomic mass is 10.2. The highest BCUT2D eigenvalue weighted by atomic mass is 35.5. The molecule has 0 aromatic carbocycles. The second kappa shape index (κ2) is 8.08. The van der Waals surface area contributed by atoms with Crippen LogP contribution < -0.4 is 0 Å². The van der Waals surface area contributed by atoms with Crippen LogP contribution in [0.5, 0.6) is 0 Å². The number of amides is 1. The van der Waals surface area contributed by atoms with E-state index in [1.165, 1.54) is 27.5 Å². The Morgan fingerprint density at radius 2 is 1.92 bits per heavy atom. The Hall–Kier alpha value is -1.42. The standard InChI is InChI=1S/C16H24ClN3O5S/c1-16(2,3)25-15(22)19-6-8-20(9-7-19)26(23,24)11-13(21)12-4-5-14(17)18-10-12/h4-5,10,13,21H,6-9,11H2,1-3H3. The fourth-order valence-corrected chi connectivity index (χ4v) is 4.09. The van der Waals surface area contributed by atoms with Gasteiger partial charge in [-0.15, -0.1) is 0 Å². The zero-order chi connectivity index (χ0) is 19.5. The van der Waals surface area contributed by atoms with E-state index in [9.17, 15) is 18.3 Å². The monoisotopic (exact) mass is 405 g/mol. The van der Waals surface area contributed by atoms with Crippen LogP contribution in [0.15, 0.2) is 18.3 Å². The van der Waals surface area contributed by atoms with Gasteiger partial charge >= 0.3 is 6.09 Å². The molecule has 1 fully saturated rings. The molecule has 1 saturated heterocycles. The summed E-state index contributed by atoms with van der Waals surface area (Å²) in [6, 6.07) is 3.03. The first-order chi connectivity index (χ1) is 12.0. The van der Waals surface area contributed by atoms with Crippen molar-refractivity contribution in [3.63, 3.8) is 0 Å². The Labute approximate surface area is 158 Å². The van der Waals surface area contributed by atoms with Gasteiger partial charge in [0.2, 0.25) is 10.0 Å². The summed E-state index contributed by atoms with van der Waals surface area (Å²) >= 11 is 5.69. The van der Waals surface area contributed by atoms with Crippen molar-refractivity contribution in [3.05, 3.63) is 29.0 Å². The molecule has 1 aliphatic rings. The summed E-state index contributed by atoms with van der Waals surface area (Å²) in [7, 11) is -3.68. The summed E-state index contributed by atoms with van der Waals surface area (Å²) in [5.41, 5.74) is -0.220. The van der Waals surface area contributed by atoms with Crippen molar-refractivity contribution >= 4 is 27.7 Å². The van der Waals surface area contributed by atoms with E-state index in [1.807, 2.05) is 0 Å². The fraction of sp³-hybridized carbons (Fsp3) is 0.625. The van der Waals surface area contributed by atoms with Crippen molar-refractivity contribution in [2.75, 3.05) is 31.9 Å². The molecule has 1 atom stereocenters. The van der Waals surface area contributed by atoms with Crippen LogP contribution in [-0.4, -0.2) is 71.3 Å². The quantitative estimate of drug-likeness (QED) is 0.764. The molecule has 1 aromatic heterocycles. The highest BCUT2D eigenvalue weighted by molar-refractivity contribution is 7.89. The lowest BCUT2D eigenvalue weighted by molar-refractivity contribution is 0.0192. The molecule has 0 aliphatic carbocycles. The van der Waals surface area contributed by atoms with Crippen molar-refractivity contribution in [3.8, 4) is 0 Å². The Morgan fingerprint density at radius 1 is 1.31 bits per heavy atom. The highest BCUT2D eigenvalue weighted by Gasteiger charge is 2.32. The van der Waals surface area contributed by atoms with Gasteiger partial charge < -0.3 is 14.7 Å². The van der Waals surface area contributed by atoms with E-state index in [-0.39, 0.29) is 31.3 Å². The molecule has 2 rings (SSSR count). The van der Waals surface area contributed by atoms with Crippen molar-refractivity contribution in [2.45, 2.75) is 32.5 Å². The average Bonchev–Trinajstić information content (AvgIpc) is 2.53. The molecule has 1 aromatic rings. The maximum Gasteiger partial charge on any atom is 0.410 e. The molecule has 0 bridgehead atoms. The molecule has 2 heterocycles. The van der Waals surface area contributed by atoms with Gasteiger partial charge in [0.15, 0.2) is 0 Å². The number of aliphatic hydroxyl groups excluding tert-OH is 1. The fourth-order valence-electron chi connectivity index (χ4n) is 2.46. The third kappa shape index (κ3) is 5.80. The van der Waals surface area contributed by atoms with E-state index >= 15 is 0 Å². The third-order valence-corrected chi connectivity index (χ3v) is 5.90. The summed E-state index contributed by atoms with van der Waals surface area (Å²) in [4.78, 5) is 17.4. The van der Waals surface area contributed by atoms with Gasteiger partial charge in [-0.1, -0.05) is 17.7 Å². The molecule has 10 heteroatoms. The summed E-state index contributed by atoms with van der Waals surface area (Å²) in [5.74, 6) is -0.456. The van der Waals surface area contributed by atoms with Gasteiger partial charge in [0.25, 0.3) is 0 Å². The number of pyridine rings is 1. The number of ether oxygens (including phenoxy) is 1. The first-order valence-corrected chi connectivity index (χ1v) is 10.2. The predicted octanol–water partition coefficient (Wildman–Crippen LogP) is 1.65. The Bertz CT molecular complexity index is 725. The van der Waals surface area contributed by atoms with E-state index < -0.39 is 33.6 Å². The first-order valence-electron chi connectivity index (χ1n) is 8.23. The van der Waals surface area contributed by atoms with Crippen LogP contribution in [-0.2, 0) is 14.8 Å². The molecule has 0 saturated carbocycles. The van der Waals surface area contributed by atoms with Gasteiger partial charge in [0.1, 0.15) is 10.8 Å². The molecule has 26 heavy (non-hydrogen) atoms. The molecule has 1 N–H and O–H groups in total. The number of hydrogen-bond donors (Lipinski definition) is 1. The zero-order valence-electron chi connectivity index (χ0n) is 15.1. The molecule has 1 amide bonds. The molecule has 8 nitrogen and oxygen atoms in total. The molecular weight excluding hydrogens is 382 g/mol. The number of aliphatic hydroxyl groups is 1. The van der Waals surface area contributed by atoms with Crippen LogP contribution in [0.25, 0.3) is 0 Å². The number of hydrogen-bond acceptors (Lipinski definition) is 6. The van der Waals surface area contributed by atoms with Crippen LogP contribution in [0.3, 0.4) is 0 Å². The van der Waals surface area contributed by atoms with E-state index in [1.54, 1.807) is 20.8 Å². The minimum atomic E-state index is -3.68. The normalized spacial score (nSPS) is 17.8. The van der Waals surface area contributed by atoms with E-state index in [0.717, 1.165) is 0 Å². The summed E-state index contributed by atoms with van der Waals surface area (Å²) in [6.07, 6.45) is -0.307. The van der Waals surface area contributed by atoms with Gasteiger partial charge in [-0.3, -0.25) is 0 Å². The van der Waals surface area contributed by atoms with Crippen molar-refractivity contribution in [1.29, 1.82) is 0 Å². The van der Waals surface area contributed by atoms with Crippen molar-refractivity contribution in [2.24, 2.45) is 0 Å². The number of piperazine rings is 1. The molecule has 1 aliphatic heterocycles. The number of aromatic nitrogens is 1. The second-order valence-corrected chi connectivity index (χ2v) is 9.48. The Kier molecular flexibility index (Phi) is 6.49. The molecular formula is C16H24ClN3O5S. The second-order valence-electron chi connectivity index (χ2n) is 7.08. The minimum absolute atomic E-state index is 0.160. The van der Waals surface area contributed by atoms with Crippen LogP contribution in [0.4, 0.5) is 4.79 Å². The molecule has 146 valence electrons. The molecule has 0 spiro atoms. The van der Waals surface area contributed by atoms with Gasteiger partial charge in [-0.05, 0) is 32.4 Å². The first kappa shape index (κ1) is 20.9. The number of carbonyl (C=O) groups is 1. The van der Waals surface area contributed by atoms with Crippen LogP contribution >= 0.6 is 11.6 Å². The lowest BCUT2D eigenvalue weighted by Crippen LogP contribution is -2.52. The number of nitrogens with zero attached hydrogens (tertiary/aromatic N) is 3. The zero-order valence-corrected chi connectivity index (χ0v) is 16.6. The van der Waals surface area contributed by atoms with E-state index in [0.29, 0.717) is 5.56 Å². The van der Waals surface area contributed by atoms with Crippen LogP contribution in [0.2, 0.25) is 5.15 Å². The number of rotatable bonds is 4. The van der Waals surface area contributed by atoms with E-state index in [4.69, 9.17) is 16.3 Å². The topological polar surface area (TPSA) is 100 Å². The smallest absolute Gasteiger partial charge is 0.410 e. The summed E-state index contributed by atoms with van der Waals surface area (Å²) < 4.78 is 31.6. The Balaban J connectivity index is 1.93. The summed E-state index contributed by atoms with van der Waals surface area (Å²) in [5, 5.41) is 10.4. The predicted molar refractivity (Wildman–Crippen MR) is 97.4 cm³/mol. The molecule has 0 radical (unpaired) electrons. The van der Waals surface area contributed by atoms with Crippen molar-refractivity contribution in [1.82, 2.24) is 14.2 Å². The molecule has 1 unspecified atom stereocenters. The summed E-state index contributed by atoms with van der Waals surface area (Å²) in [6.45, 7) is 6.13. The van der Waals surface area contributed by atoms with Crippen LogP contribution in [0.1, 0.15) is 32.4 Å². The van der Waals surface area contributed by atoms with E-state index in [2.05, 4.69) is 4.98 Å². The van der Waals surface area contributed by atoms with Gasteiger partial charge in [-0.2, -0.15) is 4.31 Å². The highest BCUT2D eigenvalue weighted by Crippen LogP contribution is 2.19. The Morgan fingerprint density at radius 3 is 2.42 bits per heavy atom. The van der Waals surface area contributed by atoms with Gasteiger partial charge in [0.05, 0.1) is 11.9 Å². The largest absolute Gasteiger partial charge is 0.444 e. The third-order valence-electron chi connectivity index (χ3n) is 3.79. The van der Waals surface area contributed by atoms with Crippen LogP contribution in [0, 0.1) is 0 Å². The maximum atomic E-state index is 12.5. The van der Waals surface area contributed by atoms with Gasteiger partial charge in [0, 0.05) is 32.4 Å². The number of carbonyl (C=O) groups excluding carboxylic acids is 1. The van der Waals surface area contributed by atoms with Crippen molar-refractivity contribution < 1.29 is 23.1 Å². The lowest BCUT2D eigenvalue weighted by Gasteiger charge is -2.35. The number of sulfonamides is 1. The SMILES string of the molecule is CC(C)(C)OC(=O)N1CCN(S(=O)(=O)CC(O)c2ccc(Cl)nc2)CC1. The number of halogens is 1. The van der Waals surface area contributed by atoms with Gasteiger partial charge in [-0.25, -0.2) is 18.2 Å².